The number of methoxy groups -OCH3 is 1. The molecular weight excluding hydrogens is 382 g/mol. The Bertz CT molecular complexity index is 973. The molecular formula is C19H21N3O5S. The van der Waals surface area contributed by atoms with Crippen LogP contribution in [-0.4, -0.2) is 51.3 Å². The van der Waals surface area contributed by atoms with Crippen molar-refractivity contribution in [2.24, 2.45) is 0 Å². The SMILES string of the molecule is COCc1ccccc1NC(=O)c1ccc(S(=O)(=O)N2CCNC(=O)C2)cc1. The molecule has 2 N–H and O–H groups in total. The van der Waals surface area contributed by atoms with Crippen LogP contribution in [0.1, 0.15) is 15.9 Å². The van der Waals surface area contributed by atoms with Crippen molar-refractivity contribution in [2.45, 2.75) is 11.5 Å². The van der Waals surface area contributed by atoms with Gasteiger partial charge in [0.2, 0.25) is 15.9 Å². The van der Waals surface area contributed by atoms with Crippen LogP contribution in [0.5, 0.6) is 0 Å². The van der Waals surface area contributed by atoms with E-state index in [2.05, 4.69) is 10.6 Å². The average Bonchev–Trinajstić information content (AvgIpc) is 2.70. The number of ether oxygens (including phenoxy) is 1. The maximum Gasteiger partial charge on any atom is 0.255 e. The monoisotopic (exact) mass is 403 g/mol. The molecule has 1 heterocycles. The lowest BCUT2D eigenvalue weighted by Gasteiger charge is -2.25. The van der Waals surface area contributed by atoms with Crippen LogP contribution in [0.4, 0.5) is 5.69 Å². The van der Waals surface area contributed by atoms with Crippen molar-refractivity contribution in [3.8, 4) is 0 Å². The number of piperazine rings is 1. The molecule has 8 nitrogen and oxygen atoms in total. The molecule has 0 atom stereocenters. The fourth-order valence-electron chi connectivity index (χ4n) is 2.87. The highest BCUT2D eigenvalue weighted by Gasteiger charge is 2.29. The summed E-state index contributed by atoms with van der Waals surface area (Å²) in [6, 6.07) is 12.9. The summed E-state index contributed by atoms with van der Waals surface area (Å²) in [5, 5.41) is 5.40. The van der Waals surface area contributed by atoms with E-state index < -0.39 is 10.0 Å². The predicted molar refractivity (Wildman–Crippen MR) is 103 cm³/mol. The Kier molecular flexibility index (Phi) is 6.08. The minimum Gasteiger partial charge on any atom is -0.380 e. The van der Waals surface area contributed by atoms with Gasteiger partial charge >= 0.3 is 0 Å². The number of anilines is 1. The molecule has 0 unspecified atom stereocenters. The van der Waals surface area contributed by atoms with Gasteiger partial charge < -0.3 is 15.4 Å². The summed E-state index contributed by atoms with van der Waals surface area (Å²) < 4.78 is 31.6. The minimum atomic E-state index is -3.79. The van der Waals surface area contributed by atoms with Gasteiger partial charge in [-0.25, -0.2) is 8.42 Å². The standard InChI is InChI=1S/C19H21N3O5S/c1-27-13-15-4-2-3-5-17(15)21-19(24)14-6-8-16(9-7-14)28(25,26)22-11-10-20-18(23)12-22/h2-9H,10-13H2,1H3,(H,20,23)(H,21,24). The summed E-state index contributed by atoms with van der Waals surface area (Å²) in [6.07, 6.45) is 0. The molecule has 0 saturated carbocycles. The predicted octanol–water partition coefficient (Wildman–Crippen LogP) is 1.21. The van der Waals surface area contributed by atoms with Gasteiger partial charge in [-0.2, -0.15) is 4.31 Å². The van der Waals surface area contributed by atoms with Crippen LogP contribution >= 0.6 is 0 Å². The molecule has 0 aromatic heterocycles. The molecule has 148 valence electrons. The first kappa shape index (κ1) is 20.0. The van der Waals surface area contributed by atoms with Crippen LogP contribution in [0.25, 0.3) is 0 Å². The zero-order valence-corrected chi connectivity index (χ0v) is 16.2. The third-order valence-corrected chi connectivity index (χ3v) is 6.18. The van der Waals surface area contributed by atoms with E-state index in [0.29, 0.717) is 17.9 Å². The Balaban J connectivity index is 1.75. The number of carbonyl (C=O) groups excluding carboxylic acids is 2. The van der Waals surface area contributed by atoms with E-state index >= 15 is 0 Å². The lowest BCUT2D eigenvalue weighted by Crippen LogP contribution is -2.49. The average molecular weight is 403 g/mol. The zero-order chi connectivity index (χ0) is 20.1. The summed E-state index contributed by atoms with van der Waals surface area (Å²) in [6.45, 7) is 0.643. The van der Waals surface area contributed by atoms with Gasteiger partial charge in [-0.05, 0) is 30.3 Å². The summed E-state index contributed by atoms with van der Waals surface area (Å²) >= 11 is 0. The number of benzene rings is 2. The zero-order valence-electron chi connectivity index (χ0n) is 15.3. The normalized spacial score (nSPS) is 15.1. The molecule has 2 aromatic rings. The number of hydrogen-bond donors (Lipinski definition) is 2. The maximum absolute atomic E-state index is 12.7. The van der Waals surface area contributed by atoms with Gasteiger partial charge in [-0.3, -0.25) is 9.59 Å². The van der Waals surface area contributed by atoms with Crippen LogP contribution in [-0.2, 0) is 26.2 Å². The lowest BCUT2D eigenvalue weighted by molar-refractivity contribution is -0.122. The fourth-order valence-corrected chi connectivity index (χ4v) is 4.26. The van der Waals surface area contributed by atoms with Crippen molar-refractivity contribution in [1.82, 2.24) is 9.62 Å². The van der Waals surface area contributed by atoms with Crippen molar-refractivity contribution < 1.29 is 22.7 Å². The van der Waals surface area contributed by atoms with E-state index in [0.717, 1.165) is 9.87 Å². The van der Waals surface area contributed by atoms with E-state index in [1.807, 2.05) is 12.1 Å². The van der Waals surface area contributed by atoms with Gasteiger partial charge in [0.15, 0.2) is 0 Å². The second-order valence-electron chi connectivity index (χ2n) is 6.26. The van der Waals surface area contributed by atoms with Gasteiger partial charge in [0.05, 0.1) is 18.0 Å². The van der Waals surface area contributed by atoms with Crippen molar-refractivity contribution in [3.05, 3.63) is 59.7 Å². The highest BCUT2D eigenvalue weighted by Crippen LogP contribution is 2.20. The van der Waals surface area contributed by atoms with Crippen LogP contribution in [0.2, 0.25) is 0 Å². The molecule has 0 bridgehead atoms. The Hall–Kier alpha value is -2.75. The smallest absolute Gasteiger partial charge is 0.255 e. The molecule has 0 spiro atoms. The highest BCUT2D eigenvalue weighted by atomic mass is 32.2. The molecule has 2 aromatic carbocycles. The van der Waals surface area contributed by atoms with Crippen molar-refractivity contribution in [1.29, 1.82) is 0 Å². The number of rotatable bonds is 6. The number of nitrogens with one attached hydrogen (secondary N) is 2. The number of para-hydroxylation sites is 1. The maximum atomic E-state index is 12.7. The first-order valence-electron chi connectivity index (χ1n) is 8.67. The Morgan fingerprint density at radius 3 is 2.57 bits per heavy atom. The summed E-state index contributed by atoms with van der Waals surface area (Å²) in [7, 11) is -2.21. The highest BCUT2D eigenvalue weighted by molar-refractivity contribution is 7.89. The first-order chi connectivity index (χ1) is 13.4. The van der Waals surface area contributed by atoms with Crippen LogP contribution < -0.4 is 10.6 Å². The number of hydrogen-bond acceptors (Lipinski definition) is 5. The Labute approximate surface area is 163 Å². The molecule has 2 amide bonds. The minimum absolute atomic E-state index is 0.0403. The van der Waals surface area contributed by atoms with E-state index in [-0.39, 0.29) is 36.3 Å². The third kappa shape index (κ3) is 4.38. The molecule has 0 aliphatic carbocycles. The topological polar surface area (TPSA) is 105 Å². The summed E-state index contributed by atoms with van der Waals surface area (Å²) in [5.41, 5.74) is 1.79. The second kappa shape index (κ2) is 8.51. The lowest BCUT2D eigenvalue weighted by atomic mass is 10.1. The Morgan fingerprint density at radius 1 is 1.18 bits per heavy atom. The largest absolute Gasteiger partial charge is 0.380 e. The van der Waals surface area contributed by atoms with Gasteiger partial charge in [0.1, 0.15) is 0 Å². The molecule has 1 fully saturated rings. The number of sulfonamides is 1. The van der Waals surface area contributed by atoms with Crippen molar-refractivity contribution in [2.75, 3.05) is 32.1 Å². The molecule has 1 aliphatic heterocycles. The molecule has 1 aliphatic rings. The molecule has 0 radical (unpaired) electrons. The number of nitrogens with zero attached hydrogens (tertiary/aromatic N) is 1. The van der Waals surface area contributed by atoms with Gasteiger partial charge in [-0.1, -0.05) is 18.2 Å². The molecule has 3 rings (SSSR count). The van der Waals surface area contributed by atoms with E-state index in [1.54, 1.807) is 19.2 Å². The summed E-state index contributed by atoms with van der Waals surface area (Å²) in [5.74, 6) is -0.689. The molecule has 28 heavy (non-hydrogen) atoms. The quantitative estimate of drug-likeness (QED) is 0.754. The van der Waals surface area contributed by atoms with Crippen molar-refractivity contribution >= 4 is 27.5 Å². The van der Waals surface area contributed by atoms with Gasteiger partial charge in [0.25, 0.3) is 5.91 Å². The fraction of sp³-hybridized carbons (Fsp3) is 0.263. The number of amides is 2. The van der Waals surface area contributed by atoms with E-state index in [1.165, 1.54) is 24.3 Å². The van der Waals surface area contributed by atoms with Crippen LogP contribution in [0.15, 0.2) is 53.4 Å². The molecule has 9 heteroatoms. The number of carbonyl (C=O) groups is 2. The van der Waals surface area contributed by atoms with Gasteiger partial charge in [-0.15, -0.1) is 0 Å². The third-order valence-electron chi connectivity index (χ3n) is 4.32. The van der Waals surface area contributed by atoms with E-state index in [4.69, 9.17) is 4.74 Å². The van der Waals surface area contributed by atoms with Crippen LogP contribution in [0, 0.1) is 0 Å². The van der Waals surface area contributed by atoms with Gasteiger partial charge in [0, 0.05) is 37.0 Å². The van der Waals surface area contributed by atoms with Crippen LogP contribution in [0.3, 0.4) is 0 Å². The van der Waals surface area contributed by atoms with E-state index in [9.17, 15) is 18.0 Å². The Morgan fingerprint density at radius 2 is 1.89 bits per heavy atom. The first-order valence-corrected chi connectivity index (χ1v) is 10.1. The second-order valence-corrected chi connectivity index (χ2v) is 8.20. The summed E-state index contributed by atoms with van der Waals surface area (Å²) in [4.78, 5) is 24.0. The molecule has 1 saturated heterocycles. The van der Waals surface area contributed by atoms with Crippen molar-refractivity contribution in [3.63, 3.8) is 0 Å².